The standard InChI is InChI=1S/C9H17F2NO/c1-5(8(10)11)12-6-4-7(13)9(6,2)3/h5-8,12-13H,4H2,1-3H3. The SMILES string of the molecule is CC(NC1CC(O)C1(C)C)C(F)F. The number of aliphatic hydroxyl groups excluding tert-OH is 1. The monoisotopic (exact) mass is 193 g/mol. The van der Waals surface area contributed by atoms with Crippen molar-refractivity contribution in [2.24, 2.45) is 5.41 Å². The van der Waals surface area contributed by atoms with Gasteiger partial charge in [-0.2, -0.15) is 0 Å². The molecule has 1 fully saturated rings. The van der Waals surface area contributed by atoms with Crippen molar-refractivity contribution in [3.63, 3.8) is 0 Å². The van der Waals surface area contributed by atoms with Crippen LogP contribution in [0.5, 0.6) is 0 Å². The molecule has 78 valence electrons. The molecule has 2 nitrogen and oxygen atoms in total. The van der Waals surface area contributed by atoms with Gasteiger partial charge in [-0.3, -0.25) is 0 Å². The number of rotatable bonds is 3. The fourth-order valence-electron chi connectivity index (χ4n) is 1.58. The molecule has 13 heavy (non-hydrogen) atoms. The van der Waals surface area contributed by atoms with Gasteiger partial charge in [-0.25, -0.2) is 8.78 Å². The summed E-state index contributed by atoms with van der Waals surface area (Å²) >= 11 is 0. The lowest BCUT2D eigenvalue weighted by molar-refractivity contribution is -0.0814. The topological polar surface area (TPSA) is 32.3 Å². The highest BCUT2D eigenvalue weighted by molar-refractivity contribution is 5.02. The molecule has 0 heterocycles. The predicted molar refractivity (Wildman–Crippen MR) is 46.8 cm³/mol. The fraction of sp³-hybridized carbons (Fsp3) is 1.00. The lowest BCUT2D eigenvalue weighted by Crippen LogP contribution is -2.62. The Hall–Kier alpha value is -0.220. The van der Waals surface area contributed by atoms with Crippen molar-refractivity contribution >= 4 is 0 Å². The Morgan fingerprint density at radius 3 is 2.31 bits per heavy atom. The van der Waals surface area contributed by atoms with Crippen LogP contribution in [0.1, 0.15) is 27.2 Å². The van der Waals surface area contributed by atoms with Gasteiger partial charge >= 0.3 is 0 Å². The lowest BCUT2D eigenvalue weighted by Gasteiger charge is -2.50. The average Bonchev–Trinajstić information content (AvgIpc) is 2.03. The third kappa shape index (κ3) is 1.99. The van der Waals surface area contributed by atoms with Gasteiger partial charge in [0.2, 0.25) is 0 Å². The summed E-state index contributed by atoms with van der Waals surface area (Å²) in [5, 5.41) is 12.2. The Bertz CT molecular complexity index is 184. The van der Waals surface area contributed by atoms with Crippen molar-refractivity contribution in [2.45, 2.75) is 51.8 Å². The number of hydrogen-bond donors (Lipinski definition) is 2. The maximum Gasteiger partial charge on any atom is 0.253 e. The molecule has 0 saturated heterocycles. The van der Waals surface area contributed by atoms with E-state index in [2.05, 4.69) is 5.32 Å². The maximum absolute atomic E-state index is 12.2. The second-order valence-corrected chi connectivity index (χ2v) is 4.42. The van der Waals surface area contributed by atoms with E-state index in [1.54, 1.807) is 0 Å². The molecule has 3 atom stereocenters. The van der Waals surface area contributed by atoms with Crippen LogP contribution < -0.4 is 5.32 Å². The molecule has 4 heteroatoms. The van der Waals surface area contributed by atoms with E-state index in [9.17, 15) is 13.9 Å². The zero-order valence-corrected chi connectivity index (χ0v) is 8.22. The Balaban J connectivity index is 2.40. The Labute approximate surface area is 77.3 Å². The quantitative estimate of drug-likeness (QED) is 0.710. The van der Waals surface area contributed by atoms with E-state index in [0.717, 1.165) is 0 Å². The van der Waals surface area contributed by atoms with E-state index in [0.29, 0.717) is 6.42 Å². The molecule has 0 aromatic rings. The second kappa shape index (κ2) is 3.50. The summed E-state index contributed by atoms with van der Waals surface area (Å²) in [6, 6.07) is -0.789. The smallest absolute Gasteiger partial charge is 0.253 e. The van der Waals surface area contributed by atoms with Crippen LogP contribution in [-0.2, 0) is 0 Å². The lowest BCUT2D eigenvalue weighted by atomic mass is 9.64. The van der Waals surface area contributed by atoms with Crippen molar-refractivity contribution in [1.82, 2.24) is 5.32 Å². The number of alkyl halides is 2. The van der Waals surface area contributed by atoms with Crippen LogP contribution in [0.25, 0.3) is 0 Å². The first-order valence-corrected chi connectivity index (χ1v) is 4.58. The first-order valence-electron chi connectivity index (χ1n) is 4.58. The molecular formula is C9H17F2NO. The summed E-state index contributed by atoms with van der Waals surface area (Å²) in [6.45, 7) is 5.24. The summed E-state index contributed by atoms with van der Waals surface area (Å²) in [7, 11) is 0. The van der Waals surface area contributed by atoms with Gasteiger partial charge in [0.15, 0.2) is 0 Å². The predicted octanol–water partition coefficient (Wildman–Crippen LogP) is 1.39. The minimum absolute atomic E-state index is 0.00602. The van der Waals surface area contributed by atoms with Gasteiger partial charge in [0.25, 0.3) is 6.43 Å². The van der Waals surface area contributed by atoms with Gasteiger partial charge in [0, 0.05) is 11.5 Å². The highest BCUT2D eigenvalue weighted by atomic mass is 19.3. The van der Waals surface area contributed by atoms with Crippen LogP contribution in [0, 0.1) is 5.41 Å². The molecule has 0 aliphatic heterocycles. The Morgan fingerprint density at radius 2 is 2.00 bits per heavy atom. The average molecular weight is 193 g/mol. The first kappa shape index (κ1) is 10.9. The molecule has 1 saturated carbocycles. The Kier molecular flexibility index (Phi) is 2.92. The summed E-state index contributed by atoms with van der Waals surface area (Å²) in [5.74, 6) is 0. The summed E-state index contributed by atoms with van der Waals surface area (Å²) in [4.78, 5) is 0. The van der Waals surface area contributed by atoms with Crippen LogP contribution in [0.3, 0.4) is 0 Å². The number of hydrogen-bond acceptors (Lipinski definition) is 2. The third-order valence-electron chi connectivity index (χ3n) is 3.06. The van der Waals surface area contributed by atoms with Gasteiger partial charge in [-0.1, -0.05) is 13.8 Å². The molecule has 1 aliphatic rings. The zero-order chi connectivity index (χ0) is 10.2. The second-order valence-electron chi connectivity index (χ2n) is 4.42. The molecule has 0 aromatic carbocycles. The molecule has 0 aromatic heterocycles. The maximum atomic E-state index is 12.2. The van der Waals surface area contributed by atoms with Crippen LogP contribution in [0.4, 0.5) is 8.78 Å². The molecule has 0 amide bonds. The van der Waals surface area contributed by atoms with Crippen LogP contribution in [-0.4, -0.2) is 29.7 Å². The first-order chi connectivity index (χ1) is 5.85. The molecule has 0 bridgehead atoms. The molecular weight excluding hydrogens is 176 g/mol. The fourth-order valence-corrected chi connectivity index (χ4v) is 1.58. The van der Waals surface area contributed by atoms with Crippen LogP contribution >= 0.6 is 0 Å². The van der Waals surface area contributed by atoms with Crippen molar-refractivity contribution in [3.05, 3.63) is 0 Å². The Morgan fingerprint density at radius 1 is 1.46 bits per heavy atom. The van der Waals surface area contributed by atoms with Gasteiger partial charge < -0.3 is 10.4 Å². The van der Waals surface area contributed by atoms with E-state index in [-0.39, 0.29) is 17.6 Å². The molecule has 3 unspecified atom stereocenters. The van der Waals surface area contributed by atoms with E-state index in [4.69, 9.17) is 0 Å². The zero-order valence-electron chi connectivity index (χ0n) is 8.22. The normalized spacial score (nSPS) is 34.4. The highest BCUT2D eigenvalue weighted by Crippen LogP contribution is 2.40. The number of nitrogens with one attached hydrogen (secondary N) is 1. The van der Waals surface area contributed by atoms with Crippen LogP contribution in [0.15, 0.2) is 0 Å². The number of aliphatic hydroxyl groups is 1. The van der Waals surface area contributed by atoms with E-state index >= 15 is 0 Å². The minimum atomic E-state index is -2.34. The van der Waals surface area contributed by atoms with E-state index < -0.39 is 12.5 Å². The molecule has 1 aliphatic carbocycles. The van der Waals surface area contributed by atoms with Crippen LogP contribution in [0.2, 0.25) is 0 Å². The molecule has 0 radical (unpaired) electrons. The third-order valence-corrected chi connectivity index (χ3v) is 3.06. The summed E-state index contributed by atoms with van der Waals surface area (Å²) < 4.78 is 24.3. The summed E-state index contributed by atoms with van der Waals surface area (Å²) in [5.41, 5.74) is -0.275. The van der Waals surface area contributed by atoms with Gasteiger partial charge in [-0.15, -0.1) is 0 Å². The summed E-state index contributed by atoms with van der Waals surface area (Å²) in [6.07, 6.45) is -2.13. The van der Waals surface area contributed by atoms with Gasteiger partial charge in [0.1, 0.15) is 0 Å². The van der Waals surface area contributed by atoms with Crippen molar-refractivity contribution in [1.29, 1.82) is 0 Å². The van der Waals surface area contributed by atoms with Gasteiger partial charge in [-0.05, 0) is 13.3 Å². The highest BCUT2D eigenvalue weighted by Gasteiger charge is 2.47. The van der Waals surface area contributed by atoms with E-state index in [1.807, 2.05) is 13.8 Å². The molecule has 1 rings (SSSR count). The number of halogens is 2. The van der Waals surface area contributed by atoms with Crippen molar-refractivity contribution in [2.75, 3.05) is 0 Å². The minimum Gasteiger partial charge on any atom is -0.392 e. The van der Waals surface area contributed by atoms with Gasteiger partial charge in [0.05, 0.1) is 12.1 Å². The van der Waals surface area contributed by atoms with Crippen molar-refractivity contribution < 1.29 is 13.9 Å². The van der Waals surface area contributed by atoms with Crippen molar-refractivity contribution in [3.8, 4) is 0 Å². The molecule has 0 spiro atoms. The largest absolute Gasteiger partial charge is 0.392 e. The molecule has 2 N–H and O–H groups in total. The van der Waals surface area contributed by atoms with E-state index in [1.165, 1.54) is 6.92 Å².